The summed E-state index contributed by atoms with van der Waals surface area (Å²) < 4.78 is 29.3. The van der Waals surface area contributed by atoms with Gasteiger partial charge in [0.05, 0.1) is 11.6 Å². The van der Waals surface area contributed by atoms with E-state index < -0.39 is 13.0 Å². The van der Waals surface area contributed by atoms with Gasteiger partial charge < -0.3 is 9.64 Å². The highest BCUT2D eigenvalue weighted by molar-refractivity contribution is 6.04. The van der Waals surface area contributed by atoms with Crippen molar-refractivity contribution in [3.63, 3.8) is 0 Å². The Kier molecular flexibility index (Phi) is 5.79. The van der Waals surface area contributed by atoms with Crippen LogP contribution in [0, 0.1) is 11.3 Å². The number of benzene rings is 1. The minimum Gasteiger partial charge on any atom is -0.488 e. The highest BCUT2D eigenvalue weighted by atomic mass is 19.3. The van der Waals surface area contributed by atoms with Crippen LogP contribution in [0.5, 0.6) is 5.75 Å². The zero-order valence-electron chi connectivity index (χ0n) is 12.9. The Morgan fingerprint density at radius 1 is 1.33 bits per heavy atom. The number of anilines is 1. The minimum absolute atomic E-state index is 0.0907. The molecule has 0 bridgehead atoms. The van der Waals surface area contributed by atoms with E-state index in [0.717, 1.165) is 0 Å². The number of carbonyl (C=O) groups excluding carboxylic acids is 1. The zero-order chi connectivity index (χ0) is 17.5. The average Bonchev–Trinajstić information content (AvgIpc) is 2.61. The van der Waals surface area contributed by atoms with E-state index in [1.54, 1.807) is 31.2 Å². The summed E-state index contributed by atoms with van der Waals surface area (Å²) in [5.41, 5.74) is 1.19. The summed E-state index contributed by atoms with van der Waals surface area (Å²) >= 11 is 0. The SMILES string of the molecule is CCN(C(=O)c1cc(OCC(F)F)ccn1)c1ccc(C#N)cc1. The van der Waals surface area contributed by atoms with E-state index in [1.807, 2.05) is 6.07 Å². The van der Waals surface area contributed by atoms with Crippen LogP contribution in [0.15, 0.2) is 42.6 Å². The maximum absolute atomic E-state index is 12.6. The molecule has 0 aliphatic carbocycles. The quantitative estimate of drug-likeness (QED) is 0.815. The maximum Gasteiger partial charge on any atom is 0.276 e. The van der Waals surface area contributed by atoms with Crippen LogP contribution in [0.3, 0.4) is 0 Å². The Labute approximate surface area is 138 Å². The summed E-state index contributed by atoms with van der Waals surface area (Å²) in [6.07, 6.45) is -1.26. The van der Waals surface area contributed by atoms with Gasteiger partial charge in [-0.2, -0.15) is 5.26 Å². The molecule has 1 aromatic heterocycles. The van der Waals surface area contributed by atoms with Gasteiger partial charge in [0.1, 0.15) is 18.1 Å². The largest absolute Gasteiger partial charge is 0.488 e. The molecule has 1 amide bonds. The molecule has 0 aliphatic heterocycles. The molecule has 124 valence electrons. The van der Waals surface area contributed by atoms with Crippen LogP contribution in [-0.2, 0) is 0 Å². The fourth-order valence-electron chi connectivity index (χ4n) is 2.07. The van der Waals surface area contributed by atoms with E-state index in [9.17, 15) is 13.6 Å². The summed E-state index contributed by atoms with van der Waals surface area (Å²) in [6.45, 7) is 1.44. The smallest absolute Gasteiger partial charge is 0.276 e. The molecule has 1 heterocycles. The highest BCUT2D eigenvalue weighted by Gasteiger charge is 2.18. The first-order valence-corrected chi connectivity index (χ1v) is 7.24. The van der Waals surface area contributed by atoms with Crippen molar-refractivity contribution in [2.24, 2.45) is 0 Å². The van der Waals surface area contributed by atoms with E-state index in [2.05, 4.69) is 4.98 Å². The molecule has 0 saturated carbocycles. The number of nitrogens with zero attached hydrogens (tertiary/aromatic N) is 3. The van der Waals surface area contributed by atoms with Gasteiger partial charge in [0, 0.05) is 24.5 Å². The summed E-state index contributed by atoms with van der Waals surface area (Å²) in [6, 6.07) is 11.3. The molecule has 1 aromatic carbocycles. The lowest BCUT2D eigenvalue weighted by molar-refractivity contribution is 0.0817. The van der Waals surface area contributed by atoms with Crippen molar-refractivity contribution in [1.82, 2.24) is 4.98 Å². The summed E-state index contributed by atoms with van der Waals surface area (Å²) in [7, 11) is 0. The summed E-state index contributed by atoms with van der Waals surface area (Å²) in [5.74, 6) is -0.228. The van der Waals surface area contributed by atoms with E-state index in [4.69, 9.17) is 10.00 Å². The van der Waals surface area contributed by atoms with Crippen molar-refractivity contribution in [3.8, 4) is 11.8 Å². The number of pyridine rings is 1. The Morgan fingerprint density at radius 3 is 2.62 bits per heavy atom. The Hall–Kier alpha value is -3.01. The molecule has 0 saturated heterocycles. The molecule has 5 nitrogen and oxygen atoms in total. The summed E-state index contributed by atoms with van der Waals surface area (Å²) in [5, 5.41) is 8.82. The number of hydrogen-bond donors (Lipinski definition) is 0. The van der Waals surface area contributed by atoms with E-state index in [-0.39, 0.29) is 17.4 Å². The molecule has 0 aliphatic rings. The first-order valence-electron chi connectivity index (χ1n) is 7.24. The van der Waals surface area contributed by atoms with Crippen molar-refractivity contribution < 1.29 is 18.3 Å². The number of alkyl halides is 2. The van der Waals surface area contributed by atoms with Crippen LogP contribution in [0.1, 0.15) is 23.0 Å². The van der Waals surface area contributed by atoms with Crippen LogP contribution in [0.25, 0.3) is 0 Å². The molecule has 2 rings (SSSR count). The number of halogens is 2. The molecule has 7 heteroatoms. The lowest BCUT2D eigenvalue weighted by atomic mass is 10.2. The van der Waals surface area contributed by atoms with Crippen molar-refractivity contribution in [3.05, 3.63) is 53.9 Å². The van der Waals surface area contributed by atoms with E-state index in [1.165, 1.54) is 23.2 Å². The van der Waals surface area contributed by atoms with Crippen LogP contribution >= 0.6 is 0 Å². The van der Waals surface area contributed by atoms with Gasteiger partial charge in [0.25, 0.3) is 12.3 Å². The molecule has 24 heavy (non-hydrogen) atoms. The Bertz CT molecular complexity index is 742. The molecular weight excluding hydrogens is 316 g/mol. The number of ether oxygens (including phenoxy) is 1. The molecule has 0 fully saturated rings. The zero-order valence-corrected chi connectivity index (χ0v) is 12.9. The second kappa shape index (κ2) is 8.02. The van der Waals surface area contributed by atoms with Crippen molar-refractivity contribution in [2.45, 2.75) is 13.3 Å². The van der Waals surface area contributed by atoms with E-state index in [0.29, 0.717) is 17.8 Å². The maximum atomic E-state index is 12.6. The van der Waals surface area contributed by atoms with Gasteiger partial charge in [0.15, 0.2) is 0 Å². The molecule has 0 radical (unpaired) electrons. The molecule has 0 unspecified atom stereocenters. The van der Waals surface area contributed by atoms with Crippen LogP contribution in [-0.4, -0.2) is 30.5 Å². The second-order valence-corrected chi connectivity index (χ2v) is 4.79. The van der Waals surface area contributed by atoms with Crippen molar-refractivity contribution in [2.75, 3.05) is 18.1 Å². The standard InChI is InChI=1S/C17H15F2N3O2/c1-2-22(13-5-3-12(10-20)4-6-13)17(23)15-9-14(7-8-21-15)24-11-16(18)19/h3-9,16H,2,11H2,1H3. The first-order chi connectivity index (χ1) is 11.5. The second-order valence-electron chi connectivity index (χ2n) is 4.79. The Balaban J connectivity index is 2.21. The third kappa shape index (κ3) is 4.26. The molecule has 0 N–H and O–H groups in total. The fraction of sp³-hybridized carbons (Fsp3) is 0.235. The van der Waals surface area contributed by atoms with E-state index >= 15 is 0 Å². The number of nitriles is 1. The van der Waals surface area contributed by atoms with Gasteiger partial charge >= 0.3 is 0 Å². The molecule has 0 spiro atoms. The van der Waals surface area contributed by atoms with Gasteiger partial charge in [-0.25, -0.2) is 8.78 Å². The average molecular weight is 331 g/mol. The van der Waals surface area contributed by atoms with Crippen molar-refractivity contribution in [1.29, 1.82) is 5.26 Å². The number of hydrogen-bond acceptors (Lipinski definition) is 4. The molecule has 0 atom stereocenters. The minimum atomic E-state index is -2.59. The highest BCUT2D eigenvalue weighted by Crippen LogP contribution is 2.19. The van der Waals surface area contributed by atoms with Gasteiger partial charge in [-0.05, 0) is 37.3 Å². The van der Waals surface area contributed by atoms with Gasteiger partial charge in [-0.15, -0.1) is 0 Å². The topological polar surface area (TPSA) is 66.2 Å². The van der Waals surface area contributed by atoms with Crippen LogP contribution < -0.4 is 9.64 Å². The number of rotatable bonds is 6. The molecular formula is C17H15F2N3O2. The number of amides is 1. The van der Waals surface area contributed by atoms with Crippen LogP contribution in [0.4, 0.5) is 14.5 Å². The third-order valence-corrected chi connectivity index (χ3v) is 3.20. The normalized spacial score (nSPS) is 10.3. The predicted octanol–water partition coefficient (Wildman–Crippen LogP) is 3.26. The number of aromatic nitrogens is 1. The van der Waals surface area contributed by atoms with Gasteiger partial charge in [0.2, 0.25) is 0 Å². The fourth-order valence-corrected chi connectivity index (χ4v) is 2.07. The predicted molar refractivity (Wildman–Crippen MR) is 84.2 cm³/mol. The van der Waals surface area contributed by atoms with Crippen LogP contribution in [0.2, 0.25) is 0 Å². The summed E-state index contributed by atoms with van der Waals surface area (Å²) in [4.78, 5) is 18.1. The lowest BCUT2D eigenvalue weighted by Gasteiger charge is -2.21. The van der Waals surface area contributed by atoms with Gasteiger partial charge in [-0.1, -0.05) is 0 Å². The Morgan fingerprint density at radius 2 is 2.04 bits per heavy atom. The number of carbonyl (C=O) groups is 1. The monoisotopic (exact) mass is 331 g/mol. The van der Waals surface area contributed by atoms with Gasteiger partial charge in [-0.3, -0.25) is 9.78 Å². The van der Waals surface area contributed by atoms with Crippen molar-refractivity contribution >= 4 is 11.6 Å². The first kappa shape index (κ1) is 17.3. The third-order valence-electron chi connectivity index (χ3n) is 3.20. The lowest BCUT2D eigenvalue weighted by Crippen LogP contribution is -2.31. The molecule has 2 aromatic rings.